The van der Waals surface area contributed by atoms with Gasteiger partial charge in [0.1, 0.15) is 11.4 Å². The largest absolute Gasteiger partial charge is 0.497 e. The van der Waals surface area contributed by atoms with E-state index in [1.807, 2.05) is 24.3 Å². The zero-order valence-electron chi connectivity index (χ0n) is 17.7. The molecule has 1 aliphatic rings. The smallest absolute Gasteiger partial charge is 0.352 e. The highest BCUT2D eigenvalue weighted by Crippen LogP contribution is 2.20. The average molecular weight is 460 g/mol. The molecule has 1 atom stereocenters. The van der Waals surface area contributed by atoms with Crippen molar-refractivity contribution in [3.63, 3.8) is 0 Å². The number of hydrogen-bond donors (Lipinski definition) is 3. The third-order valence-electron chi connectivity index (χ3n) is 5.07. The van der Waals surface area contributed by atoms with E-state index in [0.717, 1.165) is 22.2 Å². The van der Waals surface area contributed by atoms with Gasteiger partial charge in [-0.15, -0.1) is 0 Å². The van der Waals surface area contributed by atoms with Crippen LogP contribution in [0.5, 0.6) is 5.75 Å². The molecule has 4 N–H and O–H groups in total. The van der Waals surface area contributed by atoms with E-state index in [1.54, 1.807) is 36.3 Å². The van der Waals surface area contributed by atoms with Crippen molar-refractivity contribution in [1.82, 2.24) is 9.88 Å². The minimum Gasteiger partial charge on any atom is -0.497 e. The molecule has 8 nitrogen and oxygen atoms in total. The van der Waals surface area contributed by atoms with Gasteiger partial charge in [0.05, 0.1) is 26.4 Å². The van der Waals surface area contributed by atoms with Crippen LogP contribution in [-0.2, 0) is 16.0 Å². The fourth-order valence-corrected chi connectivity index (χ4v) is 3.52. The molecule has 32 heavy (non-hydrogen) atoms. The van der Waals surface area contributed by atoms with Crippen LogP contribution < -0.4 is 10.5 Å². The van der Waals surface area contributed by atoms with Crippen LogP contribution in [0.4, 0.5) is 0 Å². The molecular weight excluding hydrogens is 434 g/mol. The first-order valence-corrected chi connectivity index (χ1v) is 10.5. The molecule has 1 aliphatic heterocycles. The molecule has 0 aliphatic carbocycles. The quantitative estimate of drug-likeness (QED) is 0.540. The summed E-state index contributed by atoms with van der Waals surface area (Å²) in [5.41, 5.74) is 7.98. The molecule has 2 aromatic carbocycles. The number of aromatic amines is 1. The fraction of sp³-hybridized carbons (Fsp3) is 0.304. The van der Waals surface area contributed by atoms with E-state index in [9.17, 15) is 9.59 Å². The predicted octanol–water partition coefficient (Wildman–Crippen LogP) is 2.94. The molecular formula is C23H26ClN3O5. The first kappa shape index (κ1) is 23.6. The van der Waals surface area contributed by atoms with E-state index in [2.05, 4.69) is 4.98 Å². The minimum atomic E-state index is -0.965. The number of H-pyrrole nitrogens is 1. The lowest BCUT2D eigenvalue weighted by molar-refractivity contribution is -0.136. The van der Waals surface area contributed by atoms with Gasteiger partial charge in [0, 0.05) is 29.0 Å². The van der Waals surface area contributed by atoms with Crippen LogP contribution in [0.25, 0.3) is 10.9 Å². The summed E-state index contributed by atoms with van der Waals surface area (Å²) in [6, 6.07) is 13.9. The molecule has 170 valence electrons. The number of aromatic nitrogens is 1. The number of methoxy groups -OCH3 is 1. The molecule has 0 radical (unpaired) electrons. The summed E-state index contributed by atoms with van der Waals surface area (Å²) >= 11 is 5.75. The Balaban J connectivity index is 0.000000193. The van der Waals surface area contributed by atoms with Gasteiger partial charge in [0.25, 0.3) is 0 Å². The number of ether oxygens (including phenoxy) is 2. The number of hydrogen-bond acceptors (Lipinski definition) is 5. The third kappa shape index (κ3) is 6.23. The maximum atomic E-state index is 12.1. The van der Waals surface area contributed by atoms with Gasteiger partial charge in [-0.25, -0.2) is 4.79 Å². The number of amides is 1. The Bertz CT molecular complexity index is 1060. The van der Waals surface area contributed by atoms with Crippen molar-refractivity contribution < 1.29 is 24.2 Å². The molecule has 0 bridgehead atoms. The number of nitrogens with zero attached hydrogens (tertiary/aromatic N) is 1. The average Bonchev–Trinajstić information content (AvgIpc) is 3.24. The van der Waals surface area contributed by atoms with Crippen molar-refractivity contribution in [2.24, 2.45) is 5.73 Å². The Hall–Kier alpha value is -3.07. The number of halogens is 1. The monoisotopic (exact) mass is 459 g/mol. The number of nitrogens with two attached hydrogens (primary N) is 1. The minimum absolute atomic E-state index is 0.000817. The molecule has 1 amide bonds. The van der Waals surface area contributed by atoms with Gasteiger partial charge < -0.3 is 30.2 Å². The number of nitrogens with one attached hydrogen (secondary N) is 1. The van der Waals surface area contributed by atoms with E-state index in [1.165, 1.54) is 0 Å². The molecule has 1 saturated heterocycles. The predicted molar refractivity (Wildman–Crippen MR) is 122 cm³/mol. The van der Waals surface area contributed by atoms with E-state index >= 15 is 0 Å². The first-order chi connectivity index (χ1) is 15.4. The molecule has 1 aromatic heterocycles. The SMILES string of the molecule is COc1ccc(C[C@H](N)C(=O)N2CCOCC2)cc1.O=C(O)c1cc2cc(Cl)ccc2[nH]1. The van der Waals surface area contributed by atoms with Gasteiger partial charge >= 0.3 is 5.97 Å². The molecule has 3 aromatic rings. The van der Waals surface area contributed by atoms with Gasteiger partial charge in [-0.3, -0.25) is 4.79 Å². The second-order valence-corrected chi connectivity index (χ2v) is 7.75. The number of carboxylic acids is 1. The molecule has 0 spiro atoms. The Morgan fingerprint density at radius 2 is 1.88 bits per heavy atom. The van der Waals surface area contributed by atoms with Crippen LogP contribution in [0.2, 0.25) is 5.02 Å². The number of aromatic carboxylic acids is 1. The summed E-state index contributed by atoms with van der Waals surface area (Å²) in [7, 11) is 1.63. The number of carbonyl (C=O) groups is 2. The van der Waals surface area contributed by atoms with Crippen molar-refractivity contribution in [1.29, 1.82) is 0 Å². The molecule has 1 fully saturated rings. The Labute approximate surface area is 190 Å². The van der Waals surface area contributed by atoms with Gasteiger partial charge in [0.15, 0.2) is 0 Å². The van der Waals surface area contributed by atoms with E-state index < -0.39 is 12.0 Å². The van der Waals surface area contributed by atoms with Gasteiger partial charge in [-0.05, 0) is 48.4 Å². The second kappa shape index (κ2) is 11.0. The maximum absolute atomic E-state index is 12.1. The summed E-state index contributed by atoms with van der Waals surface area (Å²) in [5, 5.41) is 10.1. The standard InChI is InChI=1S/C14H20N2O3.C9H6ClNO2/c1-18-12-4-2-11(3-5-12)10-13(15)14(17)16-6-8-19-9-7-16;10-6-1-2-7-5(3-6)4-8(11-7)9(12)13/h2-5,13H,6-10,15H2,1H3;1-4,11H,(H,12,13)/t13-;/m0./s1. The van der Waals surface area contributed by atoms with Crippen molar-refractivity contribution >= 4 is 34.4 Å². The van der Waals surface area contributed by atoms with Crippen molar-refractivity contribution in [3.05, 3.63) is 64.8 Å². The van der Waals surface area contributed by atoms with Crippen molar-refractivity contribution in [3.8, 4) is 5.75 Å². The van der Waals surface area contributed by atoms with Crippen LogP contribution in [0.3, 0.4) is 0 Å². The Kier molecular flexibility index (Phi) is 8.10. The van der Waals surface area contributed by atoms with E-state index in [-0.39, 0.29) is 11.6 Å². The Morgan fingerprint density at radius 3 is 2.50 bits per heavy atom. The number of carbonyl (C=O) groups excluding carboxylic acids is 1. The lowest BCUT2D eigenvalue weighted by atomic mass is 10.1. The molecule has 4 rings (SSSR count). The summed E-state index contributed by atoms with van der Waals surface area (Å²) in [5.74, 6) is -0.164. The first-order valence-electron chi connectivity index (χ1n) is 10.1. The topological polar surface area (TPSA) is 118 Å². The second-order valence-electron chi connectivity index (χ2n) is 7.32. The summed E-state index contributed by atoms with van der Waals surface area (Å²) < 4.78 is 10.3. The van der Waals surface area contributed by atoms with Crippen molar-refractivity contribution in [2.75, 3.05) is 33.4 Å². The molecule has 0 saturated carbocycles. The third-order valence-corrected chi connectivity index (χ3v) is 5.30. The summed E-state index contributed by atoms with van der Waals surface area (Å²) in [6.07, 6.45) is 0.542. The lowest BCUT2D eigenvalue weighted by Gasteiger charge is -2.29. The van der Waals surface area contributed by atoms with Gasteiger partial charge in [0.2, 0.25) is 5.91 Å². The van der Waals surface area contributed by atoms with Crippen LogP contribution in [0.1, 0.15) is 16.1 Å². The highest BCUT2D eigenvalue weighted by Gasteiger charge is 2.22. The van der Waals surface area contributed by atoms with Crippen LogP contribution in [0.15, 0.2) is 48.5 Å². The fourth-order valence-electron chi connectivity index (χ4n) is 3.34. The summed E-state index contributed by atoms with van der Waals surface area (Å²) in [6.45, 7) is 2.46. The number of morpholine rings is 1. The molecule has 9 heteroatoms. The Morgan fingerprint density at radius 1 is 1.19 bits per heavy atom. The zero-order chi connectivity index (χ0) is 23.1. The van der Waals surface area contributed by atoms with Crippen LogP contribution in [-0.4, -0.2) is 66.3 Å². The molecule has 2 heterocycles. The summed E-state index contributed by atoms with van der Waals surface area (Å²) in [4.78, 5) is 27.3. The molecule has 0 unspecified atom stereocenters. The number of benzene rings is 2. The highest BCUT2D eigenvalue weighted by molar-refractivity contribution is 6.31. The lowest BCUT2D eigenvalue weighted by Crippen LogP contribution is -2.49. The normalized spacial score (nSPS) is 14.4. The number of fused-ring (bicyclic) bond motifs is 1. The van der Waals surface area contributed by atoms with Crippen molar-refractivity contribution in [2.45, 2.75) is 12.5 Å². The van der Waals surface area contributed by atoms with Gasteiger partial charge in [-0.2, -0.15) is 0 Å². The van der Waals surface area contributed by atoms with E-state index in [4.69, 9.17) is 31.9 Å². The number of carboxylic acid groups (broad SMARTS) is 1. The van der Waals surface area contributed by atoms with Crippen LogP contribution >= 0.6 is 11.6 Å². The zero-order valence-corrected chi connectivity index (χ0v) is 18.5. The highest BCUT2D eigenvalue weighted by atomic mass is 35.5. The van der Waals surface area contributed by atoms with Gasteiger partial charge in [-0.1, -0.05) is 23.7 Å². The maximum Gasteiger partial charge on any atom is 0.352 e. The number of rotatable bonds is 5. The van der Waals surface area contributed by atoms with Crippen LogP contribution in [0, 0.1) is 0 Å². The van der Waals surface area contributed by atoms with E-state index in [0.29, 0.717) is 37.7 Å².